The Kier molecular flexibility index (Phi) is 4.48. The summed E-state index contributed by atoms with van der Waals surface area (Å²) in [5.74, 6) is -4.85. The maximum Gasteiger partial charge on any atom is 0.260 e. The fourth-order valence-electron chi connectivity index (χ4n) is 3.69. The third-order valence-corrected chi connectivity index (χ3v) is 5.57. The van der Waals surface area contributed by atoms with Crippen molar-refractivity contribution in [2.45, 2.75) is 25.4 Å². The van der Waals surface area contributed by atoms with Gasteiger partial charge in [0.2, 0.25) is 5.91 Å². The molecule has 1 saturated carbocycles. The number of carbonyl (C=O) groups is 1. The zero-order valence-corrected chi connectivity index (χ0v) is 17.0. The van der Waals surface area contributed by atoms with Gasteiger partial charge in [-0.05, 0) is 24.6 Å². The molecular weight excluding hydrogens is 418 g/mol. The van der Waals surface area contributed by atoms with Crippen LogP contribution in [0.25, 0.3) is 27.7 Å². The highest BCUT2D eigenvalue weighted by Gasteiger charge is 2.61. The van der Waals surface area contributed by atoms with Crippen molar-refractivity contribution in [1.82, 2.24) is 24.6 Å². The van der Waals surface area contributed by atoms with Gasteiger partial charge >= 0.3 is 0 Å². The van der Waals surface area contributed by atoms with Crippen molar-refractivity contribution in [3.05, 3.63) is 60.8 Å². The van der Waals surface area contributed by atoms with Crippen molar-refractivity contribution in [1.29, 1.82) is 0 Å². The monoisotopic (exact) mass is 436 g/mol. The molecular formula is C22H18F2N6O2. The molecule has 4 heterocycles. The number of rotatable bonds is 5. The fraction of sp³-hybridized carbons (Fsp3) is 0.227. The average molecular weight is 436 g/mol. The van der Waals surface area contributed by atoms with E-state index < -0.39 is 30.3 Å². The van der Waals surface area contributed by atoms with Crippen LogP contribution in [0.2, 0.25) is 0 Å². The molecule has 0 saturated heterocycles. The van der Waals surface area contributed by atoms with Gasteiger partial charge in [-0.25, -0.2) is 23.3 Å². The van der Waals surface area contributed by atoms with Crippen molar-refractivity contribution >= 4 is 28.3 Å². The number of anilines is 1. The van der Waals surface area contributed by atoms with E-state index in [0.717, 1.165) is 16.7 Å². The molecule has 1 aliphatic rings. The van der Waals surface area contributed by atoms with Crippen LogP contribution in [0.3, 0.4) is 0 Å². The summed E-state index contributed by atoms with van der Waals surface area (Å²) in [5, 5.41) is 17.4. The minimum atomic E-state index is -2.95. The van der Waals surface area contributed by atoms with Gasteiger partial charge in [0.25, 0.3) is 5.92 Å². The number of pyridine rings is 3. The van der Waals surface area contributed by atoms with Gasteiger partial charge in [-0.15, -0.1) is 6.58 Å². The highest BCUT2D eigenvalue weighted by molar-refractivity contribution is 5.97. The molecule has 0 radical (unpaired) electrons. The summed E-state index contributed by atoms with van der Waals surface area (Å²) in [6.45, 7) is 5.48. The molecule has 4 aromatic heterocycles. The molecule has 8 nitrogen and oxygen atoms in total. The van der Waals surface area contributed by atoms with E-state index in [4.69, 9.17) is 0 Å². The molecule has 4 aromatic rings. The quantitative estimate of drug-likeness (QED) is 0.464. The minimum absolute atomic E-state index is 0.162. The van der Waals surface area contributed by atoms with E-state index in [2.05, 4.69) is 31.9 Å². The molecule has 0 spiro atoms. The van der Waals surface area contributed by atoms with E-state index in [1.54, 1.807) is 29.0 Å². The van der Waals surface area contributed by atoms with Gasteiger partial charge in [-0.1, -0.05) is 6.08 Å². The largest absolute Gasteiger partial charge is 0.383 e. The first-order chi connectivity index (χ1) is 15.3. The molecule has 1 fully saturated rings. The fourth-order valence-corrected chi connectivity index (χ4v) is 3.69. The molecule has 32 heavy (non-hydrogen) atoms. The van der Waals surface area contributed by atoms with Crippen molar-refractivity contribution in [3.8, 4) is 11.1 Å². The Morgan fingerprint density at radius 3 is 2.75 bits per heavy atom. The van der Waals surface area contributed by atoms with Crippen LogP contribution < -0.4 is 5.32 Å². The normalized spacial score (nSPS) is 17.9. The Morgan fingerprint density at radius 1 is 1.28 bits per heavy atom. The van der Waals surface area contributed by atoms with E-state index in [1.165, 1.54) is 12.4 Å². The molecule has 1 amide bonds. The Labute approximate surface area is 180 Å². The SMILES string of the molecule is C=CC(O)c1cc(C)c(-c2cc3cnc(NC(=O)C4CC4(F)F)cc3n3ncnc23)cn1. The summed E-state index contributed by atoms with van der Waals surface area (Å²) in [5.41, 5.74) is 4.09. The lowest BCUT2D eigenvalue weighted by Crippen LogP contribution is -2.18. The average Bonchev–Trinajstić information content (AvgIpc) is 3.18. The van der Waals surface area contributed by atoms with Crippen molar-refractivity contribution in [3.63, 3.8) is 0 Å². The summed E-state index contributed by atoms with van der Waals surface area (Å²) in [4.78, 5) is 24.9. The molecule has 2 atom stereocenters. The lowest BCUT2D eigenvalue weighted by atomic mass is 10.0. The number of amides is 1. The summed E-state index contributed by atoms with van der Waals surface area (Å²) in [7, 11) is 0. The number of nitrogens with zero attached hydrogens (tertiary/aromatic N) is 5. The van der Waals surface area contributed by atoms with Gasteiger partial charge in [0.1, 0.15) is 24.2 Å². The van der Waals surface area contributed by atoms with Crippen LogP contribution in [0.5, 0.6) is 0 Å². The number of aliphatic hydroxyl groups is 1. The molecule has 162 valence electrons. The molecule has 1 aliphatic carbocycles. The van der Waals surface area contributed by atoms with Crippen LogP contribution in [0, 0.1) is 12.8 Å². The number of aryl methyl sites for hydroxylation is 1. The Hall–Kier alpha value is -3.79. The van der Waals surface area contributed by atoms with Crippen LogP contribution in [-0.2, 0) is 4.79 Å². The van der Waals surface area contributed by atoms with E-state index in [0.29, 0.717) is 22.2 Å². The summed E-state index contributed by atoms with van der Waals surface area (Å²) in [6, 6.07) is 5.23. The summed E-state index contributed by atoms with van der Waals surface area (Å²) >= 11 is 0. The second kappa shape index (κ2) is 7.13. The number of aromatic nitrogens is 5. The molecule has 2 N–H and O–H groups in total. The smallest absolute Gasteiger partial charge is 0.260 e. The van der Waals surface area contributed by atoms with E-state index in [1.807, 2.05) is 13.0 Å². The molecule has 0 bridgehead atoms. The number of halogens is 2. The third kappa shape index (κ3) is 3.28. The Bertz CT molecular complexity index is 1400. The zero-order chi connectivity index (χ0) is 22.6. The van der Waals surface area contributed by atoms with Crippen molar-refractivity contribution in [2.75, 3.05) is 5.32 Å². The van der Waals surface area contributed by atoms with E-state index >= 15 is 0 Å². The zero-order valence-electron chi connectivity index (χ0n) is 17.0. The number of hydrogen-bond acceptors (Lipinski definition) is 6. The minimum Gasteiger partial charge on any atom is -0.383 e. The molecule has 0 aromatic carbocycles. The maximum absolute atomic E-state index is 13.2. The van der Waals surface area contributed by atoms with Gasteiger partial charge in [0, 0.05) is 41.4 Å². The Morgan fingerprint density at radius 2 is 2.06 bits per heavy atom. The number of alkyl halides is 2. The number of carbonyl (C=O) groups excluding carboxylic acids is 1. The molecule has 0 aliphatic heterocycles. The third-order valence-electron chi connectivity index (χ3n) is 5.57. The topological polar surface area (TPSA) is 105 Å². The molecule has 2 unspecified atom stereocenters. The molecule has 10 heteroatoms. The lowest BCUT2D eigenvalue weighted by molar-refractivity contribution is -0.119. The van der Waals surface area contributed by atoms with Gasteiger partial charge < -0.3 is 10.4 Å². The Balaban J connectivity index is 1.57. The van der Waals surface area contributed by atoms with E-state index in [9.17, 15) is 18.7 Å². The standard InChI is InChI=1S/C22H18F2N6O2/c1-3-18(31)16-4-11(2)14(9-25-16)13-5-12-8-26-19(29-21(32)15-7-22(15,23)24)6-17(12)30-20(13)27-10-28-30/h3-6,8-10,15,18,31H,1,7H2,2H3,(H,26,29,32). The predicted octanol–water partition coefficient (Wildman–Crippen LogP) is 3.46. The van der Waals surface area contributed by atoms with Crippen molar-refractivity contribution < 1.29 is 18.7 Å². The van der Waals surface area contributed by atoms with Crippen LogP contribution in [0.15, 0.2) is 49.6 Å². The highest BCUT2D eigenvalue weighted by Crippen LogP contribution is 2.49. The number of fused-ring (bicyclic) bond motifs is 3. The lowest BCUT2D eigenvalue weighted by Gasteiger charge is -2.12. The number of nitrogens with one attached hydrogen (secondary N) is 1. The van der Waals surface area contributed by atoms with Crippen LogP contribution >= 0.6 is 0 Å². The van der Waals surface area contributed by atoms with Crippen molar-refractivity contribution in [2.24, 2.45) is 5.92 Å². The number of aliphatic hydroxyl groups excluding tert-OH is 1. The van der Waals surface area contributed by atoms with Crippen LogP contribution in [0.1, 0.15) is 23.8 Å². The van der Waals surface area contributed by atoms with Crippen LogP contribution in [0.4, 0.5) is 14.6 Å². The first kappa shape index (κ1) is 20.1. The first-order valence-corrected chi connectivity index (χ1v) is 9.87. The van der Waals surface area contributed by atoms with Crippen LogP contribution in [-0.4, -0.2) is 41.5 Å². The maximum atomic E-state index is 13.2. The van der Waals surface area contributed by atoms with Gasteiger partial charge in [-0.3, -0.25) is 9.78 Å². The second-order valence-corrected chi connectivity index (χ2v) is 7.79. The number of hydrogen-bond donors (Lipinski definition) is 2. The predicted molar refractivity (Wildman–Crippen MR) is 113 cm³/mol. The highest BCUT2D eigenvalue weighted by atomic mass is 19.3. The summed E-state index contributed by atoms with van der Waals surface area (Å²) in [6.07, 6.45) is 4.70. The second-order valence-electron chi connectivity index (χ2n) is 7.79. The van der Waals surface area contributed by atoms with Gasteiger partial charge in [0.05, 0.1) is 11.2 Å². The molecule has 5 rings (SSSR count). The first-order valence-electron chi connectivity index (χ1n) is 9.87. The van der Waals surface area contributed by atoms with E-state index in [-0.39, 0.29) is 5.82 Å². The summed E-state index contributed by atoms with van der Waals surface area (Å²) < 4.78 is 27.9. The van der Waals surface area contributed by atoms with Gasteiger partial charge in [0.15, 0.2) is 5.65 Å². The van der Waals surface area contributed by atoms with Gasteiger partial charge in [-0.2, -0.15) is 5.10 Å².